The number of aromatic nitrogens is 3. The van der Waals surface area contributed by atoms with E-state index in [9.17, 15) is 0 Å². The molecule has 5 heteroatoms. The van der Waals surface area contributed by atoms with Gasteiger partial charge in [0.25, 0.3) is 0 Å². The zero-order valence-electron chi connectivity index (χ0n) is 10.5. The van der Waals surface area contributed by atoms with Crippen molar-refractivity contribution in [3.8, 4) is 0 Å². The Morgan fingerprint density at radius 1 is 1.53 bits per heavy atom. The molecule has 2 heterocycles. The first-order chi connectivity index (χ1) is 8.11. The van der Waals surface area contributed by atoms with Crippen molar-refractivity contribution in [1.82, 2.24) is 14.8 Å². The molecule has 0 bridgehead atoms. The molecule has 2 aromatic heterocycles. The number of rotatable bonds is 4. The number of thiazole rings is 1. The maximum atomic E-state index is 6.22. The first kappa shape index (κ1) is 12.3. The molecule has 0 aromatic carbocycles. The minimum atomic E-state index is 0.0163. The largest absolute Gasteiger partial charge is 0.323 e. The summed E-state index contributed by atoms with van der Waals surface area (Å²) in [6.45, 7) is 4.12. The number of hydrogen-bond donors (Lipinski definition) is 1. The van der Waals surface area contributed by atoms with Crippen molar-refractivity contribution in [3.63, 3.8) is 0 Å². The van der Waals surface area contributed by atoms with E-state index < -0.39 is 0 Å². The van der Waals surface area contributed by atoms with E-state index in [1.165, 1.54) is 10.6 Å². The smallest absolute Gasteiger partial charge is 0.0798 e. The Morgan fingerprint density at radius 2 is 2.29 bits per heavy atom. The molecule has 92 valence electrons. The van der Waals surface area contributed by atoms with Crippen LogP contribution in [-0.2, 0) is 19.9 Å². The molecule has 1 unspecified atom stereocenters. The van der Waals surface area contributed by atoms with E-state index in [4.69, 9.17) is 5.73 Å². The third kappa shape index (κ3) is 2.56. The highest BCUT2D eigenvalue weighted by Crippen LogP contribution is 2.23. The summed E-state index contributed by atoms with van der Waals surface area (Å²) in [5.41, 5.74) is 11.4. The van der Waals surface area contributed by atoms with Gasteiger partial charge in [0.2, 0.25) is 0 Å². The average molecular weight is 250 g/mol. The van der Waals surface area contributed by atoms with Crippen LogP contribution in [0.5, 0.6) is 0 Å². The second-order valence-electron chi connectivity index (χ2n) is 4.22. The zero-order valence-corrected chi connectivity index (χ0v) is 11.3. The predicted molar refractivity (Wildman–Crippen MR) is 70.1 cm³/mol. The van der Waals surface area contributed by atoms with Gasteiger partial charge in [-0.1, -0.05) is 6.92 Å². The molecule has 1 atom stereocenters. The molecular formula is C12H18N4S. The third-order valence-electron chi connectivity index (χ3n) is 2.94. The fourth-order valence-corrected chi connectivity index (χ4v) is 2.73. The van der Waals surface area contributed by atoms with Crippen molar-refractivity contribution >= 4 is 11.3 Å². The highest BCUT2D eigenvalue weighted by atomic mass is 32.1. The van der Waals surface area contributed by atoms with E-state index >= 15 is 0 Å². The molecule has 0 saturated carbocycles. The molecular weight excluding hydrogens is 232 g/mol. The van der Waals surface area contributed by atoms with Gasteiger partial charge in [-0.2, -0.15) is 5.10 Å². The Kier molecular flexibility index (Phi) is 3.59. The van der Waals surface area contributed by atoms with E-state index in [1.54, 1.807) is 11.3 Å². The lowest BCUT2D eigenvalue weighted by Crippen LogP contribution is -2.15. The first-order valence-electron chi connectivity index (χ1n) is 5.79. The predicted octanol–water partition coefficient (Wildman–Crippen LogP) is 1.99. The molecule has 0 saturated heterocycles. The molecule has 2 N–H and O–H groups in total. The molecule has 17 heavy (non-hydrogen) atoms. The van der Waals surface area contributed by atoms with Crippen molar-refractivity contribution in [2.75, 3.05) is 0 Å². The fourth-order valence-electron chi connectivity index (χ4n) is 1.92. The van der Waals surface area contributed by atoms with E-state index in [0.29, 0.717) is 0 Å². The Balaban J connectivity index is 2.15. The lowest BCUT2D eigenvalue weighted by Gasteiger charge is -2.10. The van der Waals surface area contributed by atoms with E-state index in [0.717, 1.165) is 24.2 Å². The molecule has 0 aliphatic carbocycles. The fraction of sp³-hybridized carbons (Fsp3) is 0.500. The molecule has 0 amide bonds. The van der Waals surface area contributed by atoms with Gasteiger partial charge >= 0.3 is 0 Å². The first-order valence-corrected chi connectivity index (χ1v) is 6.67. The summed E-state index contributed by atoms with van der Waals surface area (Å²) in [5, 5.41) is 4.43. The topological polar surface area (TPSA) is 56.7 Å². The second kappa shape index (κ2) is 4.98. The highest BCUT2D eigenvalue weighted by molar-refractivity contribution is 7.09. The van der Waals surface area contributed by atoms with Gasteiger partial charge in [-0.3, -0.25) is 4.68 Å². The van der Waals surface area contributed by atoms with Crippen molar-refractivity contribution < 1.29 is 0 Å². The molecule has 4 nitrogen and oxygen atoms in total. The quantitative estimate of drug-likeness (QED) is 0.903. The van der Waals surface area contributed by atoms with Crippen LogP contribution in [0.4, 0.5) is 0 Å². The van der Waals surface area contributed by atoms with Gasteiger partial charge in [-0.15, -0.1) is 11.3 Å². The second-order valence-corrected chi connectivity index (χ2v) is 5.10. The normalized spacial score (nSPS) is 12.9. The summed E-state index contributed by atoms with van der Waals surface area (Å²) in [7, 11) is 1.97. The van der Waals surface area contributed by atoms with Crippen LogP contribution in [0.25, 0.3) is 0 Å². The van der Waals surface area contributed by atoms with Gasteiger partial charge in [0.05, 0.1) is 16.9 Å². The van der Waals surface area contributed by atoms with Gasteiger partial charge < -0.3 is 5.73 Å². The summed E-state index contributed by atoms with van der Waals surface area (Å²) in [6, 6.07) is 2.15. The summed E-state index contributed by atoms with van der Waals surface area (Å²) >= 11 is 1.63. The summed E-state index contributed by atoms with van der Waals surface area (Å²) < 4.78 is 1.93. The molecule has 0 fully saturated rings. The van der Waals surface area contributed by atoms with Crippen LogP contribution in [0.2, 0.25) is 0 Å². The maximum Gasteiger partial charge on any atom is 0.0798 e. The van der Waals surface area contributed by atoms with E-state index in [2.05, 4.69) is 23.1 Å². The minimum absolute atomic E-state index is 0.0163. The molecule has 0 spiro atoms. The summed E-state index contributed by atoms with van der Waals surface area (Å²) in [6.07, 6.45) is 1.77. The van der Waals surface area contributed by atoms with Gasteiger partial charge in [-0.25, -0.2) is 4.98 Å². The van der Waals surface area contributed by atoms with E-state index in [1.807, 2.05) is 24.2 Å². The summed E-state index contributed by atoms with van der Waals surface area (Å²) in [5.74, 6) is 0. The van der Waals surface area contributed by atoms with Gasteiger partial charge in [0.1, 0.15) is 0 Å². The van der Waals surface area contributed by atoms with Crippen molar-refractivity contribution in [2.24, 2.45) is 12.8 Å². The van der Waals surface area contributed by atoms with Crippen LogP contribution in [0, 0.1) is 6.92 Å². The molecule has 2 rings (SSSR count). The molecule has 0 aliphatic rings. The highest BCUT2D eigenvalue weighted by Gasteiger charge is 2.14. The third-order valence-corrected chi connectivity index (χ3v) is 4.00. The molecule has 0 aliphatic heterocycles. The van der Waals surface area contributed by atoms with Gasteiger partial charge in [-0.05, 0) is 19.4 Å². The van der Waals surface area contributed by atoms with E-state index in [-0.39, 0.29) is 6.04 Å². The van der Waals surface area contributed by atoms with Crippen molar-refractivity contribution in [1.29, 1.82) is 0 Å². The summed E-state index contributed by atoms with van der Waals surface area (Å²) in [4.78, 5) is 5.41. The molecule has 0 radical (unpaired) electrons. The maximum absolute atomic E-state index is 6.22. The number of aryl methyl sites for hydroxylation is 3. The number of nitrogens with zero attached hydrogens (tertiary/aromatic N) is 3. The van der Waals surface area contributed by atoms with Gasteiger partial charge in [0, 0.05) is 30.1 Å². The standard InChI is InChI=1S/C12H18N4S/c1-4-9-5-10(16(3)15-9)6-11(13)12-8(2)14-7-17-12/h5,7,11H,4,6,13H2,1-3H3. The zero-order chi connectivity index (χ0) is 12.4. The van der Waals surface area contributed by atoms with Crippen LogP contribution in [-0.4, -0.2) is 14.8 Å². The molecule has 2 aromatic rings. The lowest BCUT2D eigenvalue weighted by atomic mass is 10.1. The number of nitrogens with two attached hydrogens (primary N) is 1. The lowest BCUT2D eigenvalue weighted by molar-refractivity contribution is 0.641. The van der Waals surface area contributed by atoms with Crippen LogP contribution in [0.3, 0.4) is 0 Å². The Bertz CT molecular complexity index is 500. The Morgan fingerprint density at radius 3 is 2.82 bits per heavy atom. The van der Waals surface area contributed by atoms with Crippen LogP contribution in [0.15, 0.2) is 11.6 Å². The van der Waals surface area contributed by atoms with Crippen LogP contribution >= 0.6 is 11.3 Å². The number of hydrogen-bond acceptors (Lipinski definition) is 4. The SMILES string of the molecule is CCc1cc(CC(N)c2scnc2C)n(C)n1. The van der Waals surface area contributed by atoms with Crippen LogP contribution < -0.4 is 5.73 Å². The monoisotopic (exact) mass is 250 g/mol. The van der Waals surface area contributed by atoms with Gasteiger partial charge in [0.15, 0.2) is 0 Å². The minimum Gasteiger partial charge on any atom is -0.323 e. The van der Waals surface area contributed by atoms with Crippen molar-refractivity contribution in [2.45, 2.75) is 32.7 Å². The Hall–Kier alpha value is -1.20. The van der Waals surface area contributed by atoms with Crippen LogP contribution in [0.1, 0.15) is 34.9 Å². The van der Waals surface area contributed by atoms with Crippen molar-refractivity contribution in [3.05, 3.63) is 33.5 Å². The average Bonchev–Trinajstić information content (AvgIpc) is 2.86. The Labute approximate surface area is 105 Å².